The SMILES string of the molecule is COc1cccc(CNC[C@@H](O)[C@@H](N)Cc2ccc(OCc3ccccc3)cc2)c1. The van der Waals surface area contributed by atoms with Gasteiger partial charge in [0.2, 0.25) is 0 Å². The van der Waals surface area contributed by atoms with Crippen LogP contribution < -0.4 is 20.5 Å². The molecule has 30 heavy (non-hydrogen) atoms. The predicted molar refractivity (Wildman–Crippen MR) is 120 cm³/mol. The van der Waals surface area contributed by atoms with E-state index in [0.717, 1.165) is 28.2 Å². The van der Waals surface area contributed by atoms with Crippen LogP contribution in [0.4, 0.5) is 0 Å². The number of rotatable bonds is 11. The van der Waals surface area contributed by atoms with Gasteiger partial charge in [0.05, 0.1) is 13.2 Å². The van der Waals surface area contributed by atoms with Crippen LogP contribution in [0, 0.1) is 0 Å². The first-order valence-corrected chi connectivity index (χ1v) is 10.2. The van der Waals surface area contributed by atoms with Crippen molar-refractivity contribution in [3.8, 4) is 11.5 Å². The summed E-state index contributed by atoms with van der Waals surface area (Å²) in [6.45, 7) is 1.61. The Kier molecular flexibility index (Phi) is 8.27. The molecule has 0 spiro atoms. The molecule has 0 unspecified atom stereocenters. The molecule has 3 aromatic carbocycles. The molecule has 0 fully saturated rings. The molecule has 3 aromatic rings. The Morgan fingerprint density at radius 1 is 0.867 bits per heavy atom. The van der Waals surface area contributed by atoms with Gasteiger partial charge in [0.25, 0.3) is 0 Å². The predicted octanol–water partition coefficient (Wildman–Crippen LogP) is 3.29. The van der Waals surface area contributed by atoms with E-state index in [1.165, 1.54) is 0 Å². The lowest BCUT2D eigenvalue weighted by molar-refractivity contribution is 0.141. The summed E-state index contributed by atoms with van der Waals surface area (Å²) in [5, 5.41) is 13.6. The maximum Gasteiger partial charge on any atom is 0.119 e. The summed E-state index contributed by atoms with van der Waals surface area (Å²) in [6, 6.07) is 25.4. The van der Waals surface area contributed by atoms with Crippen LogP contribution in [0.5, 0.6) is 11.5 Å². The zero-order chi connectivity index (χ0) is 21.2. The maximum atomic E-state index is 10.4. The molecule has 0 aliphatic carbocycles. The Balaban J connectivity index is 1.41. The van der Waals surface area contributed by atoms with Gasteiger partial charge >= 0.3 is 0 Å². The topological polar surface area (TPSA) is 76.7 Å². The molecule has 0 aliphatic rings. The van der Waals surface area contributed by atoms with Crippen molar-refractivity contribution >= 4 is 0 Å². The third-order valence-corrected chi connectivity index (χ3v) is 4.95. The van der Waals surface area contributed by atoms with Gasteiger partial charge in [0.15, 0.2) is 0 Å². The molecule has 5 heteroatoms. The van der Waals surface area contributed by atoms with E-state index in [0.29, 0.717) is 26.1 Å². The van der Waals surface area contributed by atoms with Gasteiger partial charge in [-0.05, 0) is 47.4 Å². The number of hydrogen-bond donors (Lipinski definition) is 3. The number of hydrogen-bond acceptors (Lipinski definition) is 5. The third-order valence-electron chi connectivity index (χ3n) is 4.95. The van der Waals surface area contributed by atoms with Crippen LogP contribution in [0.3, 0.4) is 0 Å². The molecular formula is C25H30N2O3. The van der Waals surface area contributed by atoms with Crippen LogP contribution in [-0.4, -0.2) is 30.9 Å². The van der Waals surface area contributed by atoms with Crippen molar-refractivity contribution in [3.63, 3.8) is 0 Å². The molecule has 0 aromatic heterocycles. The summed E-state index contributed by atoms with van der Waals surface area (Å²) in [7, 11) is 1.65. The minimum absolute atomic E-state index is 0.348. The quantitative estimate of drug-likeness (QED) is 0.456. The molecule has 0 radical (unpaired) electrons. The van der Waals surface area contributed by atoms with Crippen LogP contribution in [0.1, 0.15) is 16.7 Å². The Morgan fingerprint density at radius 3 is 2.33 bits per heavy atom. The minimum atomic E-state index is -0.635. The van der Waals surface area contributed by atoms with E-state index >= 15 is 0 Å². The summed E-state index contributed by atoms with van der Waals surface area (Å²) in [5.74, 6) is 1.64. The van der Waals surface area contributed by atoms with Gasteiger partial charge in [0, 0.05) is 19.1 Å². The van der Waals surface area contributed by atoms with Crippen molar-refractivity contribution in [1.82, 2.24) is 5.32 Å². The number of aliphatic hydroxyl groups is 1. The van der Waals surface area contributed by atoms with Gasteiger partial charge < -0.3 is 25.6 Å². The first-order chi connectivity index (χ1) is 14.6. The highest BCUT2D eigenvalue weighted by atomic mass is 16.5. The first-order valence-electron chi connectivity index (χ1n) is 10.2. The minimum Gasteiger partial charge on any atom is -0.497 e. The number of methoxy groups -OCH3 is 1. The number of benzene rings is 3. The van der Waals surface area contributed by atoms with Crippen molar-refractivity contribution in [3.05, 3.63) is 95.6 Å². The second-order valence-electron chi connectivity index (χ2n) is 7.34. The van der Waals surface area contributed by atoms with Gasteiger partial charge in [-0.1, -0.05) is 54.6 Å². The monoisotopic (exact) mass is 406 g/mol. The molecule has 0 bridgehead atoms. The fourth-order valence-electron chi connectivity index (χ4n) is 3.17. The van der Waals surface area contributed by atoms with Gasteiger partial charge in [-0.3, -0.25) is 0 Å². The second-order valence-corrected chi connectivity index (χ2v) is 7.34. The number of nitrogens with one attached hydrogen (secondary N) is 1. The fraction of sp³-hybridized carbons (Fsp3) is 0.280. The van der Waals surface area contributed by atoms with Gasteiger partial charge in [-0.15, -0.1) is 0 Å². The summed E-state index contributed by atoms with van der Waals surface area (Å²) in [5.41, 5.74) is 9.51. The van der Waals surface area contributed by atoms with Gasteiger partial charge in [-0.25, -0.2) is 0 Å². The van der Waals surface area contributed by atoms with E-state index in [2.05, 4.69) is 5.32 Å². The molecule has 0 aliphatic heterocycles. The maximum absolute atomic E-state index is 10.4. The van der Waals surface area contributed by atoms with Crippen molar-refractivity contribution in [2.24, 2.45) is 5.73 Å². The lowest BCUT2D eigenvalue weighted by Gasteiger charge is -2.20. The van der Waals surface area contributed by atoms with Crippen LogP contribution in [-0.2, 0) is 19.6 Å². The Bertz CT molecular complexity index is 884. The average Bonchev–Trinajstić information content (AvgIpc) is 2.79. The van der Waals surface area contributed by atoms with Crippen LogP contribution in [0.2, 0.25) is 0 Å². The van der Waals surface area contributed by atoms with Crippen molar-refractivity contribution < 1.29 is 14.6 Å². The van der Waals surface area contributed by atoms with Gasteiger partial charge in [-0.2, -0.15) is 0 Å². The summed E-state index contributed by atoms with van der Waals surface area (Å²) >= 11 is 0. The fourth-order valence-corrected chi connectivity index (χ4v) is 3.17. The molecule has 158 valence electrons. The van der Waals surface area contributed by atoms with Crippen LogP contribution in [0.25, 0.3) is 0 Å². The standard InChI is InChI=1S/C25H30N2O3/c1-29-23-9-5-8-21(14-23)16-27-17-25(28)24(26)15-19-10-12-22(13-11-19)30-18-20-6-3-2-4-7-20/h2-14,24-25,27-28H,15-18,26H2,1H3/t24-,25+/m0/s1. The average molecular weight is 407 g/mol. The zero-order valence-electron chi connectivity index (χ0n) is 17.3. The van der Waals surface area contributed by atoms with Crippen molar-refractivity contribution in [1.29, 1.82) is 0 Å². The highest BCUT2D eigenvalue weighted by Crippen LogP contribution is 2.16. The van der Waals surface area contributed by atoms with Crippen molar-refractivity contribution in [2.75, 3.05) is 13.7 Å². The second kappa shape index (κ2) is 11.4. The van der Waals surface area contributed by atoms with Crippen LogP contribution in [0.15, 0.2) is 78.9 Å². The molecule has 4 N–H and O–H groups in total. The Morgan fingerprint density at radius 2 is 1.60 bits per heavy atom. The summed E-state index contributed by atoms with van der Waals surface area (Å²) in [4.78, 5) is 0. The lowest BCUT2D eigenvalue weighted by atomic mass is 10.0. The highest BCUT2D eigenvalue weighted by Gasteiger charge is 2.15. The molecule has 3 rings (SSSR count). The first kappa shape index (κ1) is 21.8. The van der Waals surface area contributed by atoms with E-state index in [1.54, 1.807) is 7.11 Å². The van der Waals surface area contributed by atoms with E-state index in [9.17, 15) is 5.11 Å². The number of nitrogens with two attached hydrogens (primary N) is 1. The van der Waals surface area contributed by atoms with Crippen molar-refractivity contribution in [2.45, 2.75) is 31.7 Å². The zero-order valence-corrected chi connectivity index (χ0v) is 17.3. The van der Waals surface area contributed by atoms with E-state index in [4.69, 9.17) is 15.2 Å². The molecule has 0 heterocycles. The van der Waals surface area contributed by atoms with E-state index in [-0.39, 0.29) is 6.04 Å². The summed E-state index contributed by atoms with van der Waals surface area (Å²) < 4.78 is 11.0. The Labute approximate surface area is 178 Å². The smallest absolute Gasteiger partial charge is 0.119 e. The molecule has 0 saturated carbocycles. The number of aliphatic hydroxyl groups excluding tert-OH is 1. The van der Waals surface area contributed by atoms with E-state index in [1.807, 2.05) is 78.9 Å². The molecule has 5 nitrogen and oxygen atoms in total. The number of ether oxygens (including phenoxy) is 2. The Hall–Kier alpha value is -2.86. The molecular weight excluding hydrogens is 376 g/mol. The molecule has 0 saturated heterocycles. The molecule has 2 atom stereocenters. The van der Waals surface area contributed by atoms with E-state index < -0.39 is 6.10 Å². The van der Waals surface area contributed by atoms with Crippen LogP contribution >= 0.6 is 0 Å². The summed E-state index contributed by atoms with van der Waals surface area (Å²) in [6.07, 6.45) is -0.0364. The normalized spacial score (nSPS) is 12.9. The van der Waals surface area contributed by atoms with Gasteiger partial charge in [0.1, 0.15) is 18.1 Å². The lowest BCUT2D eigenvalue weighted by Crippen LogP contribution is -2.42. The molecule has 0 amide bonds. The highest BCUT2D eigenvalue weighted by molar-refractivity contribution is 5.29. The third kappa shape index (κ3) is 6.88. The largest absolute Gasteiger partial charge is 0.497 e.